The number of benzene rings is 1. The van der Waals surface area contributed by atoms with E-state index in [2.05, 4.69) is 28.6 Å². The van der Waals surface area contributed by atoms with Gasteiger partial charge >= 0.3 is 5.97 Å². The minimum atomic E-state index is -1.13. The molecule has 10 heteroatoms. The third kappa shape index (κ3) is 10.6. The predicted molar refractivity (Wildman–Crippen MR) is 134 cm³/mol. The summed E-state index contributed by atoms with van der Waals surface area (Å²) in [4.78, 5) is 50.2. The molecule has 0 radical (unpaired) electrons. The summed E-state index contributed by atoms with van der Waals surface area (Å²) in [5.74, 6) is -2.58. The van der Waals surface area contributed by atoms with E-state index in [1.54, 1.807) is 0 Å². The van der Waals surface area contributed by atoms with Crippen LogP contribution < -0.4 is 21.7 Å². The van der Waals surface area contributed by atoms with Crippen LogP contribution in [-0.2, 0) is 25.6 Å². The number of amides is 3. The van der Waals surface area contributed by atoms with Crippen LogP contribution in [0, 0.1) is 11.8 Å². The van der Waals surface area contributed by atoms with Crippen LogP contribution in [-0.4, -0.2) is 58.7 Å². The quantitative estimate of drug-likeness (QED) is 0.213. The largest absolute Gasteiger partial charge is 0.480 e. The van der Waals surface area contributed by atoms with Gasteiger partial charge in [0.1, 0.15) is 18.1 Å². The molecule has 0 saturated carbocycles. The van der Waals surface area contributed by atoms with Crippen molar-refractivity contribution in [1.29, 1.82) is 0 Å². The normalized spacial score (nSPS) is 14.7. The molecule has 1 aromatic rings. The standard InChI is InChI=1S/C24H38N4O5S/c1-14(2)10-18(22(30)28-20(24(32)33)11-15(3)4)27-23(31)19(26-21(29)17(25)13-34)12-16-8-6-5-7-9-16/h5-9,14-15,17-20,34H,10-13,25H2,1-4H3,(H,26,29)(H,27,31)(H,28,30)(H,32,33). The number of carbonyl (C=O) groups excluding carboxylic acids is 3. The van der Waals surface area contributed by atoms with Crippen molar-refractivity contribution in [2.75, 3.05) is 5.75 Å². The first-order valence-corrected chi connectivity index (χ1v) is 12.1. The van der Waals surface area contributed by atoms with E-state index in [4.69, 9.17) is 5.73 Å². The molecule has 6 N–H and O–H groups in total. The van der Waals surface area contributed by atoms with Gasteiger partial charge in [0.05, 0.1) is 6.04 Å². The first kappa shape index (κ1) is 29.4. The maximum Gasteiger partial charge on any atom is 0.326 e. The molecule has 4 atom stereocenters. The van der Waals surface area contributed by atoms with Crippen LogP contribution in [0.3, 0.4) is 0 Å². The number of nitrogens with two attached hydrogens (primary N) is 1. The number of carboxylic acid groups (broad SMARTS) is 1. The highest BCUT2D eigenvalue weighted by Gasteiger charge is 2.31. The van der Waals surface area contributed by atoms with Gasteiger partial charge in [0.15, 0.2) is 0 Å². The van der Waals surface area contributed by atoms with Crippen molar-refractivity contribution in [3.05, 3.63) is 35.9 Å². The van der Waals surface area contributed by atoms with Crippen LogP contribution in [0.1, 0.15) is 46.1 Å². The van der Waals surface area contributed by atoms with Crippen LogP contribution >= 0.6 is 12.6 Å². The summed E-state index contributed by atoms with van der Waals surface area (Å²) >= 11 is 4.03. The van der Waals surface area contributed by atoms with Crippen molar-refractivity contribution in [2.45, 2.75) is 71.1 Å². The Morgan fingerprint density at radius 2 is 1.29 bits per heavy atom. The molecule has 9 nitrogen and oxygen atoms in total. The lowest BCUT2D eigenvalue weighted by Gasteiger charge is -2.26. The van der Waals surface area contributed by atoms with Gasteiger partial charge < -0.3 is 26.8 Å². The van der Waals surface area contributed by atoms with Crippen LogP contribution in [0.5, 0.6) is 0 Å². The minimum Gasteiger partial charge on any atom is -0.480 e. The SMILES string of the molecule is CC(C)CC(NC(=O)C(CC(C)C)NC(=O)C(Cc1ccccc1)NC(=O)C(N)CS)C(=O)O. The first-order valence-electron chi connectivity index (χ1n) is 11.5. The number of thiol groups is 1. The summed E-state index contributed by atoms with van der Waals surface area (Å²) < 4.78 is 0. The van der Waals surface area contributed by atoms with Gasteiger partial charge in [0, 0.05) is 12.2 Å². The summed E-state index contributed by atoms with van der Waals surface area (Å²) in [5.41, 5.74) is 6.57. The summed E-state index contributed by atoms with van der Waals surface area (Å²) in [7, 11) is 0. The Bertz CT molecular complexity index is 819. The molecule has 34 heavy (non-hydrogen) atoms. The highest BCUT2D eigenvalue weighted by Crippen LogP contribution is 2.10. The fourth-order valence-corrected chi connectivity index (χ4v) is 3.53. The summed E-state index contributed by atoms with van der Waals surface area (Å²) in [6, 6.07) is 5.24. The van der Waals surface area contributed by atoms with Crippen LogP contribution in [0.25, 0.3) is 0 Å². The lowest BCUT2D eigenvalue weighted by Crippen LogP contribution is -2.58. The molecule has 0 fully saturated rings. The lowest BCUT2D eigenvalue weighted by molar-refractivity contribution is -0.143. The maximum absolute atomic E-state index is 13.2. The van der Waals surface area contributed by atoms with Crippen LogP contribution in [0.2, 0.25) is 0 Å². The fourth-order valence-electron chi connectivity index (χ4n) is 3.36. The van der Waals surface area contributed by atoms with Crippen molar-refractivity contribution < 1.29 is 24.3 Å². The Labute approximate surface area is 207 Å². The molecule has 0 aromatic heterocycles. The average molecular weight is 495 g/mol. The number of hydrogen-bond acceptors (Lipinski definition) is 6. The van der Waals surface area contributed by atoms with Crippen molar-refractivity contribution >= 4 is 36.3 Å². The molecular weight excluding hydrogens is 456 g/mol. The Kier molecular flexibility index (Phi) is 12.7. The summed E-state index contributed by atoms with van der Waals surface area (Å²) in [5, 5.41) is 17.4. The molecule has 0 aliphatic rings. The van der Waals surface area contributed by atoms with Crippen LogP contribution in [0.4, 0.5) is 0 Å². The van der Waals surface area contributed by atoms with E-state index in [1.165, 1.54) is 0 Å². The first-order chi connectivity index (χ1) is 15.9. The third-order valence-corrected chi connectivity index (χ3v) is 5.50. The van der Waals surface area contributed by atoms with Gasteiger partial charge in [0.2, 0.25) is 17.7 Å². The van der Waals surface area contributed by atoms with E-state index < -0.39 is 47.9 Å². The molecule has 0 aliphatic carbocycles. The van der Waals surface area contributed by atoms with E-state index in [1.807, 2.05) is 58.0 Å². The van der Waals surface area contributed by atoms with E-state index >= 15 is 0 Å². The van der Waals surface area contributed by atoms with Gasteiger partial charge in [-0.05, 0) is 30.2 Å². The Morgan fingerprint density at radius 3 is 1.79 bits per heavy atom. The van der Waals surface area contributed by atoms with Gasteiger partial charge in [-0.1, -0.05) is 58.0 Å². The second-order valence-corrected chi connectivity index (χ2v) is 9.62. The number of hydrogen-bond donors (Lipinski definition) is 6. The number of rotatable bonds is 14. The highest BCUT2D eigenvalue weighted by atomic mass is 32.1. The topological polar surface area (TPSA) is 151 Å². The number of nitrogens with one attached hydrogen (secondary N) is 3. The molecule has 0 aliphatic heterocycles. The molecule has 0 spiro atoms. The molecular formula is C24H38N4O5S. The zero-order chi connectivity index (χ0) is 25.8. The number of carboxylic acids is 1. The smallest absolute Gasteiger partial charge is 0.326 e. The van der Waals surface area contributed by atoms with Gasteiger partial charge in [-0.2, -0.15) is 12.6 Å². The van der Waals surface area contributed by atoms with Gasteiger partial charge in [-0.15, -0.1) is 0 Å². The second kappa shape index (κ2) is 14.6. The summed E-state index contributed by atoms with van der Waals surface area (Å²) in [6.45, 7) is 7.51. The molecule has 0 bridgehead atoms. The van der Waals surface area contributed by atoms with Gasteiger partial charge in [-0.25, -0.2) is 4.79 Å². The van der Waals surface area contributed by atoms with Crippen molar-refractivity contribution in [3.8, 4) is 0 Å². The molecule has 190 valence electrons. The predicted octanol–water partition coefficient (Wildman–Crippen LogP) is 1.12. The molecule has 0 saturated heterocycles. The van der Waals surface area contributed by atoms with Gasteiger partial charge in [-0.3, -0.25) is 14.4 Å². The third-order valence-electron chi connectivity index (χ3n) is 5.11. The Balaban J connectivity index is 3.07. The average Bonchev–Trinajstić information content (AvgIpc) is 2.76. The van der Waals surface area contributed by atoms with Crippen molar-refractivity contribution in [3.63, 3.8) is 0 Å². The number of aliphatic carboxylic acids is 1. The fraction of sp³-hybridized carbons (Fsp3) is 0.583. The van der Waals surface area contributed by atoms with E-state index in [0.29, 0.717) is 6.42 Å². The maximum atomic E-state index is 13.2. The van der Waals surface area contributed by atoms with E-state index in [0.717, 1.165) is 5.56 Å². The monoisotopic (exact) mass is 494 g/mol. The Morgan fingerprint density at radius 1 is 0.824 bits per heavy atom. The van der Waals surface area contributed by atoms with E-state index in [-0.39, 0.29) is 30.4 Å². The lowest BCUT2D eigenvalue weighted by atomic mass is 9.99. The number of carbonyl (C=O) groups is 4. The molecule has 1 aromatic carbocycles. The molecule has 0 heterocycles. The van der Waals surface area contributed by atoms with Crippen LogP contribution in [0.15, 0.2) is 30.3 Å². The minimum absolute atomic E-state index is 0.0456. The second-order valence-electron chi connectivity index (χ2n) is 9.26. The zero-order valence-corrected chi connectivity index (χ0v) is 21.2. The van der Waals surface area contributed by atoms with Crippen molar-refractivity contribution in [2.24, 2.45) is 17.6 Å². The van der Waals surface area contributed by atoms with Gasteiger partial charge in [0.25, 0.3) is 0 Å². The molecule has 1 rings (SSSR count). The Hall–Kier alpha value is -2.59. The highest BCUT2D eigenvalue weighted by molar-refractivity contribution is 7.80. The summed E-state index contributed by atoms with van der Waals surface area (Å²) in [6.07, 6.45) is 0.754. The van der Waals surface area contributed by atoms with E-state index in [9.17, 15) is 24.3 Å². The zero-order valence-electron chi connectivity index (χ0n) is 20.3. The van der Waals surface area contributed by atoms with Crippen molar-refractivity contribution in [1.82, 2.24) is 16.0 Å². The molecule has 3 amide bonds. The molecule has 4 unspecified atom stereocenters.